The zero-order valence-electron chi connectivity index (χ0n) is 5.98. The first-order valence-electron chi connectivity index (χ1n) is 3.18. The van der Waals surface area contributed by atoms with Crippen LogP contribution in [0.2, 0.25) is 0 Å². The van der Waals surface area contributed by atoms with Crippen LogP contribution in [0.15, 0.2) is 12.1 Å². The zero-order chi connectivity index (χ0) is 9.14. The predicted octanol–water partition coefficient (Wildman–Crippen LogP) is 2.25. The Kier molecular flexibility index (Phi) is 2.47. The van der Waals surface area contributed by atoms with Crippen LogP contribution in [0.5, 0.6) is 0 Å². The molecule has 0 spiro atoms. The molecular weight excluding hydrogens is 169 g/mol. The van der Waals surface area contributed by atoms with E-state index in [0.717, 1.165) is 6.07 Å². The van der Waals surface area contributed by atoms with Gasteiger partial charge in [-0.15, -0.1) is 0 Å². The monoisotopic (exact) mass is 174 g/mol. The summed E-state index contributed by atoms with van der Waals surface area (Å²) < 4.78 is 37.1. The summed E-state index contributed by atoms with van der Waals surface area (Å²) in [5.41, 5.74) is -0.679. The SMILES string of the molecule is O=Cc1c(F)cc(F)cc1CF. The van der Waals surface area contributed by atoms with E-state index < -0.39 is 23.9 Å². The number of halogens is 3. The Hall–Kier alpha value is -1.32. The fourth-order valence-electron chi connectivity index (χ4n) is 0.881. The molecule has 12 heavy (non-hydrogen) atoms. The third kappa shape index (κ3) is 1.47. The summed E-state index contributed by atoms with van der Waals surface area (Å²) in [5, 5.41) is 0. The lowest BCUT2D eigenvalue weighted by Crippen LogP contribution is -1.96. The quantitative estimate of drug-likeness (QED) is 0.628. The Labute approximate surface area is 66.8 Å². The first kappa shape index (κ1) is 8.77. The molecule has 0 aromatic heterocycles. The van der Waals surface area contributed by atoms with Crippen molar-refractivity contribution in [1.82, 2.24) is 0 Å². The lowest BCUT2D eigenvalue weighted by atomic mass is 10.1. The Balaban J connectivity index is 3.33. The van der Waals surface area contributed by atoms with Crippen LogP contribution in [-0.2, 0) is 6.67 Å². The van der Waals surface area contributed by atoms with E-state index in [2.05, 4.69) is 0 Å². The highest BCUT2D eigenvalue weighted by Gasteiger charge is 2.09. The first-order chi connectivity index (χ1) is 5.69. The van der Waals surface area contributed by atoms with Gasteiger partial charge in [0, 0.05) is 6.07 Å². The number of alkyl halides is 1. The van der Waals surface area contributed by atoms with Crippen LogP contribution < -0.4 is 0 Å². The zero-order valence-corrected chi connectivity index (χ0v) is 5.98. The van der Waals surface area contributed by atoms with Crippen molar-refractivity contribution in [3.05, 3.63) is 34.9 Å². The maximum absolute atomic E-state index is 12.7. The smallest absolute Gasteiger partial charge is 0.153 e. The number of aldehydes is 1. The van der Waals surface area contributed by atoms with Crippen LogP contribution >= 0.6 is 0 Å². The van der Waals surface area contributed by atoms with Crippen LogP contribution in [0.3, 0.4) is 0 Å². The minimum Gasteiger partial charge on any atom is -0.298 e. The van der Waals surface area contributed by atoms with Gasteiger partial charge in [-0.2, -0.15) is 0 Å². The number of carbonyl (C=O) groups is 1. The van der Waals surface area contributed by atoms with Crippen molar-refractivity contribution in [3.8, 4) is 0 Å². The third-order valence-electron chi connectivity index (χ3n) is 1.44. The number of hydrogen-bond acceptors (Lipinski definition) is 1. The minimum atomic E-state index is -1.05. The molecule has 0 aliphatic carbocycles. The summed E-state index contributed by atoms with van der Waals surface area (Å²) in [6.45, 7) is -1.05. The second-order valence-corrected chi connectivity index (χ2v) is 2.21. The van der Waals surface area contributed by atoms with Gasteiger partial charge in [-0.3, -0.25) is 4.79 Å². The molecule has 0 heterocycles. The predicted molar refractivity (Wildman–Crippen MR) is 36.6 cm³/mol. The molecular formula is C8H5F3O. The molecule has 64 valence electrons. The molecule has 0 bridgehead atoms. The van der Waals surface area contributed by atoms with Crippen molar-refractivity contribution in [2.75, 3.05) is 0 Å². The van der Waals surface area contributed by atoms with Crippen LogP contribution in [0, 0.1) is 11.6 Å². The third-order valence-corrected chi connectivity index (χ3v) is 1.44. The molecule has 0 aliphatic rings. The maximum atomic E-state index is 12.7. The summed E-state index contributed by atoms with van der Waals surface area (Å²) in [5.74, 6) is -1.91. The van der Waals surface area contributed by atoms with Gasteiger partial charge in [0.1, 0.15) is 18.3 Å². The highest BCUT2D eigenvalue weighted by Crippen LogP contribution is 2.14. The fraction of sp³-hybridized carbons (Fsp3) is 0.125. The maximum Gasteiger partial charge on any atom is 0.153 e. The van der Waals surface area contributed by atoms with E-state index in [9.17, 15) is 18.0 Å². The Morgan fingerprint density at radius 2 is 2.00 bits per heavy atom. The highest BCUT2D eigenvalue weighted by molar-refractivity contribution is 5.77. The topological polar surface area (TPSA) is 17.1 Å². The number of carbonyl (C=O) groups excluding carboxylic acids is 1. The normalized spacial score (nSPS) is 9.92. The Morgan fingerprint density at radius 3 is 2.50 bits per heavy atom. The van der Waals surface area contributed by atoms with Gasteiger partial charge in [-0.1, -0.05) is 0 Å². The summed E-state index contributed by atoms with van der Waals surface area (Å²) in [6, 6.07) is 1.34. The van der Waals surface area contributed by atoms with Crippen molar-refractivity contribution in [1.29, 1.82) is 0 Å². The molecule has 1 aromatic carbocycles. The number of hydrogen-bond donors (Lipinski definition) is 0. The van der Waals surface area contributed by atoms with Crippen LogP contribution in [0.4, 0.5) is 13.2 Å². The van der Waals surface area contributed by atoms with E-state index in [1.54, 1.807) is 0 Å². The van der Waals surface area contributed by atoms with E-state index in [4.69, 9.17) is 0 Å². The number of benzene rings is 1. The molecule has 1 nitrogen and oxygen atoms in total. The summed E-state index contributed by atoms with van der Waals surface area (Å²) >= 11 is 0. The van der Waals surface area contributed by atoms with E-state index in [-0.39, 0.29) is 11.8 Å². The van der Waals surface area contributed by atoms with E-state index >= 15 is 0 Å². The largest absolute Gasteiger partial charge is 0.298 e. The molecule has 0 N–H and O–H groups in total. The average molecular weight is 174 g/mol. The highest BCUT2D eigenvalue weighted by atomic mass is 19.1. The molecule has 1 aromatic rings. The number of rotatable bonds is 2. The van der Waals surface area contributed by atoms with Crippen molar-refractivity contribution < 1.29 is 18.0 Å². The van der Waals surface area contributed by atoms with E-state index in [1.807, 2.05) is 0 Å². The lowest BCUT2D eigenvalue weighted by Gasteiger charge is -2.00. The summed E-state index contributed by atoms with van der Waals surface area (Å²) in [7, 11) is 0. The Bertz CT molecular complexity index is 309. The van der Waals surface area contributed by atoms with Gasteiger partial charge in [0.25, 0.3) is 0 Å². The van der Waals surface area contributed by atoms with Crippen molar-refractivity contribution >= 4 is 6.29 Å². The second kappa shape index (κ2) is 3.38. The molecule has 0 saturated carbocycles. The van der Waals surface area contributed by atoms with Gasteiger partial charge in [-0.05, 0) is 11.6 Å². The Morgan fingerprint density at radius 1 is 1.33 bits per heavy atom. The molecule has 0 unspecified atom stereocenters. The molecule has 0 atom stereocenters. The van der Waals surface area contributed by atoms with Gasteiger partial charge in [0.15, 0.2) is 6.29 Å². The van der Waals surface area contributed by atoms with E-state index in [1.165, 1.54) is 0 Å². The van der Waals surface area contributed by atoms with Gasteiger partial charge in [0.2, 0.25) is 0 Å². The van der Waals surface area contributed by atoms with Gasteiger partial charge in [0.05, 0.1) is 5.56 Å². The van der Waals surface area contributed by atoms with Crippen molar-refractivity contribution in [2.45, 2.75) is 6.67 Å². The summed E-state index contributed by atoms with van der Waals surface area (Å²) in [4.78, 5) is 10.2. The van der Waals surface area contributed by atoms with Gasteiger partial charge < -0.3 is 0 Å². The minimum absolute atomic E-state index is 0.170. The lowest BCUT2D eigenvalue weighted by molar-refractivity contribution is 0.111. The molecule has 4 heteroatoms. The molecule has 0 fully saturated rings. The molecule has 0 radical (unpaired) electrons. The molecule has 0 amide bonds. The average Bonchev–Trinajstić information content (AvgIpc) is 2.03. The van der Waals surface area contributed by atoms with Gasteiger partial charge >= 0.3 is 0 Å². The second-order valence-electron chi connectivity index (χ2n) is 2.21. The van der Waals surface area contributed by atoms with Crippen LogP contribution in [-0.4, -0.2) is 6.29 Å². The molecule has 0 saturated heterocycles. The fourth-order valence-corrected chi connectivity index (χ4v) is 0.881. The van der Waals surface area contributed by atoms with Crippen LogP contribution in [0.1, 0.15) is 15.9 Å². The first-order valence-corrected chi connectivity index (χ1v) is 3.18. The van der Waals surface area contributed by atoms with Crippen LogP contribution in [0.25, 0.3) is 0 Å². The van der Waals surface area contributed by atoms with Crippen molar-refractivity contribution in [2.24, 2.45) is 0 Å². The van der Waals surface area contributed by atoms with Gasteiger partial charge in [-0.25, -0.2) is 13.2 Å². The van der Waals surface area contributed by atoms with Crippen molar-refractivity contribution in [3.63, 3.8) is 0 Å². The molecule has 0 aliphatic heterocycles. The standard InChI is InChI=1S/C8H5F3O/c9-3-5-1-6(10)2-8(11)7(5)4-12/h1-2,4H,3H2. The van der Waals surface area contributed by atoms with E-state index in [0.29, 0.717) is 6.07 Å². The summed E-state index contributed by atoms with van der Waals surface area (Å²) in [6.07, 6.45) is 0.170. The molecule has 1 rings (SSSR count).